The smallest absolute Gasteiger partial charge is 0.256 e. The van der Waals surface area contributed by atoms with E-state index in [1.807, 2.05) is 24.1 Å². The van der Waals surface area contributed by atoms with Crippen LogP contribution < -0.4 is 0 Å². The summed E-state index contributed by atoms with van der Waals surface area (Å²) in [5, 5.41) is 5.81. The fourth-order valence-electron chi connectivity index (χ4n) is 4.14. The highest BCUT2D eigenvalue weighted by molar-refractivity contribution is 5.83. The van der Waals surface area contributed by atoms with Crippen molar-refractivity contribution in [2.75, 3.05) is 32.8 Å². The maximum atomic E-state index is 13.1. The molecule has 3 saturated heterocycles. The first-order valence-corrected chi connectivity index (χ1v) is 8.44. The molecule has 0 aromatic carbocycles. The third kappa shape index (κ3) is 2.66. The highest BCUT2D eigenvalue weighted by atomic mass is 16.7. The maximum absolute atomic E-state index is 13.1. The number of aryl methyl sites for hydroxylation is 1. The second-order valence-electron chi connectivity index (χ2n) is 6.88. The number of hydrogen-bond donors (Lipinski definition) is 0. The molecule has 7 nitrogen and oxygen atoms in total. The van der Waals surface area contributed by atoms with E-state index >= 15 is 0 Å². The molecule has 1 amide bonds. The van der Waals surface area contributed by atoms with Crippen molar-refractivity contribution in [1.82, 2.24) is 19.7 Å². The molecule has 1 aromatic rings. The van der Waals surface area contributed by atoms with Gasteiger partial charge in [-0.1, -0.05) is 0 Å². The molecule has 23 heavy (non-hydrogen) atoms. The summed E-state index contributed by atoms with van der Waals surface area (Å²) in [7, 11) is 1.93. The Bertz CT molecular complexity index is 584. The van der Waals surface area contributed by atoms with Gasteiger partial charge in [0.2, 0.25) is 0 Å². The number of amides is 1. The normalized spacial score (nSPS) is 31.5. The molecule has 0 unspecified atom stereocenters. The Kier molecular flexibility index (Phi) is 3.87. The Hall–Kier alpha value is -1.44. The topological polar surface area (TPSA) is 59.8 Å². The van der Waals surface area contributed by atoms with Crippen LogP contribution in [0.15, 0.2) is 12.4 Å². The number of nitrogens with zero attached hydrogens (tertiary/aromatic N) is 4. The molecule has 2 atom stereocenters. The average Bonchev–Trinajstić information content (AvgIpc) is 3.27. The van der Waals surface area contributed by atoms with Gasteiger partial charge in [-0.25, -0.2) is 5.06 Å². The minimum atomic E-state index is -0.440. The average molecular weight is 320 g/mol. The number of fused-ring (bicyclic) bond motifs is 1. The summed E-state index contributed by atoms with van der Waals surface area (Å²) in [5.74, 6) is 0.119. The molecule has 0 aliphatic carbocycles. The van der Waals surface area contributed by atoms with Crippen molar-refractivity contribution >= 4 is 5.91 Å². The molecule has 0 radical (unpaired) electrons. The van der Waals surface area contributed by atoms with E-state index in [2.05, 4.69) is 10.00 Å². The number of aromatic nitrogens is 2. The molecule has 4 rings (SSSR count). The summed E-state index contributed by atoms with van der Waals surface area (Å²) in [6.45, 7) is 4.55. The Morgan fingerprint density at radius 2 is 2.35 bits per heavy atom. The quantitative estimate of drug-likeness (QED) is 0.815. The minimum absolute atomic E-state index is 0.0318. The molecule has 3 aliphatic heterocycles. The summed E-state index contributed by atoms with van der Waals surface area (Å²) in [5.41, 5.74) is 0.745. The zero-order chi connectivity index (χ0) is 15.9. The van der Waals surface area contributed by atoms with Crippen LogP contribution in [0.1, 0.15) is 24.8 Å². The molecular weight excluding hydrogens is 296 g/mol. The molecule has 0 bridgehead atoms. The number of piperidine rings is 1. The molecule has 4 heterocycles. The standard InChI is InChI=1S/C16H24N4O3/c1-18-10-13(9-17-18)11-19-6-3-14-16(12-19,4-8-22-14)15(21)20-5-2-7-23-20/h9-10,14H,2-8,11-12H2,1H3/t14-,16-/m1/s1. The van der Waals surface area contributed by atoms with Crippen molar-refractivity contribution in [1.29, 1.82) is 0 Å². The van der Waals surface area contributed by atoms with Gasteiger partial charge in [-0.05, 0) is 19.3 Å². The molecule has 3 fully saturated rings. The second-order valence-corrected chi connectivity index (χ2v) is 6.88. The van der Waals surface area contributed by atoms with Gasteiger partial charge in [0.15, 0.2) is 0 Å². The third-order valence-corrected chi connectivity index (χ3v) is 5.27. The molecule has 1 aromatic heterocycles. The lowest BCUT2D eigenvalue weighted by molar-refractivity contribution is -0.187. The third-order valence-electron chi connectivity index (χ3n) is 5.27. The van der Waals surface area contributed by atoms with Gasteiger partial charge in [-0.3, -0.25) is 19.2 Å². The summed E-state index contributed by atoms with van der Waals surface area (Å²) >= 11 is 0. The van der Waals surface area contributed by atoms with Crippen molar-refractivity contribution in [3.8, 4) is 0 Å². The van der Waals surface area contributed by atoms with Crippen molar-refractivity contribution in [2.24, 2.45) is 12.5 Å². The zero-order valence-electron chi connectivity index (χ0n) is 13.6. The number of carbonyl (C=O) groups excluding carboxylic acids is 1. The van der Waals surface area contributed by atoms with Gasteiger partial charge in [0.25, 0.3) is 5.91 Å². The van der Waals surface area contributed by atoms with E-state index in [-0.39, 0.29) is 12.0 Å². The van der Waals surface area contributed by atoms with E-state index in [4.69, 9.17) is 9.57 Å². The predicted molar refractivity (Wildman–Crippen MR) is 82.2 cm³/mol. The van der Waals surface area contributed by atoms with Crippen molar-refractivity contribution in [2.45, 2.75) is 31.9 Å². The van der Waals surface area contributed by atoms with Gasteiger partial charge < -0.3 is 4.74 Å². The highest BCUT2D eigenvalue weighted by Crippen LogP contribution is 2.43. The van der Waals surface area contributed by atoms with Gasteiger partial charge in [0, 0.05) is 45.0 Å². The summed E-state index contributed by atoms with van der Waals surface area (Å²) in [4.78, 5) is 21.0. The number of rotatable bonds is 3. The Morgan fingerprint density at radius 1 is 1.43 bits per heavy atom. The predicted octanol–water partition coefficient (Wildman–Crippen LogP) is 0.565. The molecular formula is C16H24N4O3. The fourth-order valence-corrected chi connectivity index (χ4v) is 4.14. The minimum Gasteiger partial charge on any atom is -0.377 e. The molecule has 3 aliphatic rings. The number of hydroxylamine groups is 2. The van der Waals surface area contributed by atoms with Crippen LogP contribution in [0.25, 0.3) is 0 Å². The first-order valence-electron chi connectivity index (χ1n) is 8.44. The van der Waals surface area contributed by atoms with Crippen molar-refractivity contribution in [3.63, 3.8) is 0 Å². The van der Waals surface area contributed by atoms with Crippen LogP contribution in [0.2, 0.25) is 0 Å². The lowest BCUT2D eigenvalue weighted by Crippen LogP contribution is -2.57. The van der Waals surface area contributed by atoms with Crippen LogP contribution in [-0.4, -0.2) is 64.6 Å². The second kappa shape index (κ2) is 5.89. The SMILES string of the molecule is Cn1cc(CN2CC[C@H]3OCC[C@@]3(C(=O)N3CCCO3)C2)cn1. The van der Waals surface area contributed by atoms with Gasteiger partial charge in [-0.15, -0.1) is 0 Å². The van der Waals surface area contributed by atoms with Crippen LogP contribution in [0, 0.1) is 5.41 Å². The van der Waals surface area contributed by atoms with Gasteiger partial charge in [0.05, 0.1) is 30.9 Å². The van der Waals surface area contributed by atoms with Crippen LogP contribution in [-0.2, 0) is 28.0 Å². The fraction of sp³-hybridized carbons (Fsp3) is 0.750. The van der Waals surface area contributed by atoms with E-state index in [9.17, 15) is 4.79 Å². The van der Waals surface area contributed by atoms with Gasteiger partial charge in [-0.2, -0.15) is 5.10 Å². The Balaban J connectivity index is 1.52. The monoisotopic (exact) mass is 320 g/mol. The van der Waals surface area contributed by atoms with Gasteiger partial charge >= 0.3 is 0 Å². The van der Waals surface area contributed by atoms with Crippen molar-refractivity contribution < 1.29 is 14.4 Å². The van der Waals surface area contributed by atoms with E-state index in [0.29, 0.717) is 19.8 Å². The maximum Gasteiger partial charge on any atom is 0.256 e. The highest BCUT2D eigenvalue weighted by Gasteiger charge is 2.55. The molecule has 0 N–H and O–H groups in total. The molecule has 126 valence electrons. The zero-order valence-corrected chi connectivity index (χ0v) is 13.6. The van der Waals surface area contributed by atoms with Crippen LogP contribution in [0.4, 0.5) is 0 Å². The largest absolute Gasteiger partial charge is 0.377 e. The summed E-state index contributed by atoms with van der Waals surface area (Å²) in [6.07, 6.45) is 6.58. The summed E-state index contributed by atoms with van der Waals surface area (Å²) < 4.78 is 7.72. The Morgan fingerprint density at radius 3 is 3.09 bits per heavy atom. The van der Waals surface area contributed by atoms with Crippen LogP contribution >= 0.6 is 0 Å². The van der Waals surface area contributed by atoms with Crippen LogP contribution in [0.3, 0.4) is 0 Å². The number of ether oxygens (including phenoxy) is 1. The molecule has 0 saturated carbocycles. The van der Waals surface area contributed by atoms with E-state index in [1.54, 1.807) is 5.06 Å². The van der Waals surface area contributed by atoms with E-state index in [1.165, 1.54) is 5.56 Å². The van der Waals surface area contributed by atoms with Crippen LogP contribution in [0.5, 0.6) is 0 Å². The molecule has 0 spiro atoms. The first kappa shape index (κ1) is 15.1. The first-order chi connectivity index (χ1) is 11.2. The Labute approximate surface area is 136 Å². The van der Waals surface area contributed by atoms with Gasteiger partial charge in [0.1, 0.15) is 0 Å². The number of carbonyl (C=O) groups is 1. The van der Waals surface area contributed by atoms with Crippen molar-refractivity contribution in [3.05, 3.63) is 18.0 Å². The van der Waals surface area contributed by atoms with E-state index in [0.717, 1.165) is 38.9 Å². The summed E-state index contributed by atoms with van der Waals surface area (Å²) in [6, 6.07) is 0. The number of hydrogen-bond acceptors (Lipinski definition) is 5. The van der Waals surface area contributed by atoms with E-state index < -0.39 is 5.41 Å². The lowest BCUT2D eigenvalue weighted by Gasteiger charge is -2.43. The number of likely N-dealkylation sites (tertiary alicyclic amines) is 1. The molecule has 7 heteroatoms. The lowest BCUT2D eigenvalue weighted by atomic mass is 9.75.